The van der Waals surface area contributed by atoms with E-state index in [0.717, 1.165) is 39.3 Å². The Bertz CT molecular complexity index is 1750. The van der Waals surface area contributed by atoms with E-state index in [4.69, 9.17) is 4.52 Å². The molecule has 0 amide bonds. The van der Waals surface area contributed by atoms with Crippen molar-refractivity contribution >= 4 is 28.4 Å². The van der Waals surface area contributed by atoms with Crippen LogP contribution in [0.3, 0.4) is 0 Å². The molecule has 6 rings (SSSR count). The molecule has 0 unspecified atom stereocenters. The van der Waals surface area contributed by atoms with Crippen molar-refractivity contribution in [3.63, 3.8) is 0 Å². The van der Waals surface area contributed by atoms with E-state index in [1.54, 1.807) is 4.57 Å². The fraction of sp³-hybridized carbons (Fsp3) is 0.111. The number of rotatable bonds is 5. The molecule has 172 valence electrons. The molecule has 3 aromatic carbocycles. The van der Waals surface area contributed by atoms with E-state index >= 15 is 0 Å². The number of aryl methyl sites for hydroxylation is 2. The van der Waals surface area contributed by atoms with Gasteiger partial charge in [0.2, 0.25) is 5.78 Å². The summed E-state index contributed by atoms with van der Waals surface area (Å²) in [6.07, 6.45) is 0. The van der Waals surface area contributed by atoms with Crippen LogP contribution in [0.2, 0.25) is 0 Å². The van der Waals surface area contributed by atoms with Crippen molar-refractivity contribution in [3.05, 3.63) is 106 Å². The lowest BCUT2D eigenvalue weighted by atomic mass is 10.1. The molecule has 0 aliphatic rings. The SMILES string of the molecule is Cc1ccc(-n2c(=O)c3ccccc3n3c(SCc4cc(-c5ccccc5)on4)nnc23)c(C)c1. The van der Waals surface area contributed by atoms with Gasteiger partial charge in [0.05, 0.1) is 22.3 Å². The first-order valence-corrected chi connectivity index (χ1v) is 12.2. The molecule has 0 atom stereocenters. The minimum Gasteiger partial charge on any atom is -0.356 e. The van der Waals surface area contributed by atoms with E-state index in [2.05, 4.69) is 21.4 Å². The third kappa shape index (κ3) is 3.72. The van der Waals surface area contributed by atoms with Gasteiger partial charge in [-0.25, -0.2) is 4.57 Å². The lowest BCUT2D eigenvalue weighted by molar-refractivity contribution is 0.426. The van der Waals surface area contributed by atoms with E-state index in [9.17, 15) is 4.79 Å². The molecule has 35 heavy (non-hydrogen) atoms. The van der Waals surface area contributed by atoms with Crippen molar-refractivity contribution in [1.29, 1.82) is 0 Å². The van der Waals surface area contributed by atoms with Gasteiger partial charge in [-0.3, -0.25) is 9.20 Å². The minimum atomic E-state index is -0.118. The summed E-state index contributed by atoms with van der Waals surface area (Å²) >= 11 is 1.50. The maximum atomic E-state index is 13.6. The van der Waals surface area contributed by atoms with Crippen molar-refractivity contribution in [2.75, 3.05) is 0 Å². The Morgan fingerprint density at radius 3 is 2.54 bits per heavy atom. The van der Waals surface area contributed by atoms with Gasteiger partial charge in [0.25, 0.3) is 5.56 Å². The van der Waals surface area contributed by atoms with Crippen molar-refractivity contribution in [3.8, 4) is 17.0 Å². The zero-order valence-electron chi connectivity index (χ0n) is 19.2. The van der Waals surface area contributed by atoms with E-state index in [0.29, 0.717) is 22.1 Å². The first-order chi connectivity index (χ1) is 17.1. The molecule has 3 aromatic heterocycles. The Morgan fingerprint density at radius 1 is 0.914 bits per heavy atom. The summed E-state index contributed by atoms with van der Waals surface area (Å²) in [5.41, 5.74) is 5.36. The van der Waals surface area contributed by atoms with Gasteiger partial charge in [0.1, 0.15) is 0 Å². The number of benzene rings is 3. The largest absolute Gasteiger partial charge is 0.356 e. The minimum absolute atomic E-state index is 0.118. The predicted octanol–water partition coefficient (Wildman–Crippen LogP) is 5.60. The lowest BCUT2D eigenvalue weighted by Gasteiger charge is -2.13. The summed E-state index contributed by atoms with van der Waals surface area (Å²) in [6, 6.07) is 25.4. The molecule has 8 heteroatoms. The molecule has 3 heterocycles. The second-order valence-electron chi connectivity index (χ2n) is 8.40. The monoisotopic (exact) mass is 479 g/mol. The van der Waals surface area contributed by atoms with Crippen LogP contribution in [0.1, 0.15) is 16.8 Å². The average molecular weight is 480 g/mol. The van der Waals surface area contributed by atoms with Gasteiger partial charge in [0.15, 0.2) is 10.9 Å². The number of aromatic nitrogens is 5. The van der Waals surface area contributed by atoms with Crippen LogP contribution < -0.4 is 5.56 Å². The maximum Gasteiger partial charge on any atom is 0.267 e. The quantitative estimate of drug-likeness (QED) is 0.300. The van der Waals surface area contributed by atoms with Gasteiger partial charge in [-0.15, -0.1) is 10.2 Å². The summed E-state index contributed by atoms with van der Waals surface area (Å²) in [7, 11) is 0. The Balaban J connectivity index is 1.45. The summed E-state index contributed by atoms with van der Waals surface area (Å²) in [5, 5.41) is 14.4. The molecule has 0 aliphatic heterocycles. The van der Waals surface area contributed by atoms with Crippen molar-refractivity contribution in [1.82, 2.24) is 24.3 Å². The highest BCUT2D eigenvalue weighted by Crippen LogP contribution is 2.28. The predicted molar refractivity (Wildman–Crippen MR) is 137 cm³/mol. The zero-order chi connectivity index (χ0) is 23.9. The van der Waals surface area contributed by atoms with E-state index < -0.39 is 0 Å². The Hall–Kier alpha value is -4.17. The lowest BCUT2D eigenvalue weighted by Crippen LogP contribution is -2.22. The molecule has 7 nitrogen and oxygen atoms in total. The first kappa shape index (κ1) is 21.4. The van der Waals surface area contributed by atoms with Gasteiger partial charge in [-0.1, -0.05) is 77.1 Å². The van der Waals surface area contributed by atoms with Crippen molar-refractivity contribution < 1.29 is 4.52 Å². The third-order valence-corrected chi connectivity index (χ3v) is 6.92. The summed E-state index contributed by atoms with van der Waals surface area (Å²) in [4.78, 5) is 13.6. The molecule has 0 radical (unpaired) electrons. The zero-order valence-corrected chi connectivity index (χ0v) is 20.0. The van der Waals surface area contributed by atoms with Gasteiger partial charge in [-0.2, -0.15) is 0 Å². The third-order valence-electron chi connectivity index (χ3n) is 5.95. The summed E-state index contributed by atoms with van der Waals surface area (Å²) in [5.74, 6) is 1.75. The fourth-order valence-corrected chi connectivity index (χ4v) is 5.12. The smallest absolute Gasteiger partial charge is 0.267 e. The van der Waals surface area contributed by atoms with Gasteiger partial charge >= 0.3 is 0 Å². The molecular weight excluding hydrogens is 458 g/mol. The maximum absolute atomic E-state index is 13.6. The van der Waals surface area contributed by atoms with Crippen LogP contribution in [0.5, 0.6) is 0 Å². The number of thioether (sulfide) groups is 1. The fourth-order valence-electron chi connectivity index (χ4n) is 4.30. The summed E-state index contributed by atoms with van der Waals surface area (Å²) < 4.78 is 9.14. The highest BCUT2D eigenvalue weighted by Gasteiger charge is 2.19. The average Bonchev–Trinajstić information content (AvgIpc) is 3.52. The van der Waals surface area contributed by atoms with E-state index in [-0.39, 0.29) is 5.56 Å². The Morgan fingerprint density at radius 2 is 1.71 bits per heavy atom. The highest BCUT2D eigenvalue weighted by atomic mass is 32.2. The van der Waals surface area contributed by atoms with Crippen LogP contribution in [0, 0.1) is 13.8 Å². The standard InChI is InChI=1S/C27H21N5O2S/c1-17-12-13-22(18(2)14-17)31-25(33)21-10-6-7-11-23(21)32-26(31)28-29-27(32)35-16-20-15-24(34-30-20)19-8-4-3-5-9-19/h3-15H,16H2,1-2H3. The number of fused-ring (bicyclic) bond motifs is 3. The number of hydrogen-bond donors (Lipinski definition) is 0. The van der Waals surface area contributed by atoms with Crippen LogP contribution in [0.15, 0.2) is 93.3 Å². The molecule has 0 N–H and O–H groups in total. The molecular formula is C27H21N5O2S. The molecule has 0 saturated heterocycles. The molecule has 0 spiro atoms. The molecule has 0 saturated carbocycles. The molecule has 0 bridgehead atoms. The van der Waals surface area contributed by atoms with Crippen LogP contribution in [-0.2, 0) is 5.75 Å². The van der Waals surface area contributed by atoms with Gasteiger partial charge in [0, 0.05) is 17.4 Å². The van der Waals surface area contributed by atoms with Crippen LogP contribution >= 0.6 is 11.8 Å². The summed E-state index contributed by atoms with van der Waals surface area (Å²) in [6.45, 7) is 4.04. The number of nitrogens with zero attached hydrogens (tertiary/aromatic N) is 5. The Kier molecular flexibility index (Phi) is 5.22. The first-order valence-electron chi connectivity index (χ1n) is 11.2. The Labute approximate surface area is 205 Å². The van der Waals surface area contributed by atoms with Crippen LogP contribution in [0.25, 0.3) is 33.7 Å². The second kappa shape index (κ2) is 8.56. The topological polar surface area (TPSA) is 78.2 Å². The number of hydrogen-bond acceptors (Lipinski definition) is 6. The second-order valence-corrected chi connectivity index (χ2v) is 9.35. The van der Waals surface area contributed by atoms with Gasteiger partial charge in [-0.05, 0) is 37.6 Å². The van der Waals surface area contributed by atoms with Crippen molar-refractivity contribution in [2.24, 2.45) is 0 Å². The van der Waals surface area contributed by atoms with Crippen LogP contribution in [-0.4, -0.2) is 24.3 Å². The van der Waals surface area contributed by atoms with E-state index in [1.807, 2.05) is 91.0 Å². The molecule has 0 fully saturated rings. The van der Waals surface area contributed by atoms with Crippen molar-refractivity contribution in [2.45, 2.75) is 24.8 Å². The van der Waals surface area contributed by atoms with E-state index in [1.165, 1.54) is 11.8 Å². The normalized spacial score (nSPS) is 11.5. The van der Waals surface area contributed by atoms with Gasteiger partial charge < -0.3 is 4.52 Å². The highest BCUT2D eigenvalue weighted by molar-refractivity contribution is 7.98. The molecule has 6 aromatic rings. The molecule has 0 aliphatic carbocycles. The number of para-hydroxylation sites is 1. The van der Waals surface area contributed by atoms with Crippen LogP contribution in [0.4, 0.5) is 0 Å².